The number of methoxy groups -OCH3 is 2. The number of rotatable bonds is 4. The highest BCUT2D eigenvalue weighted by molar-refractivity contribution is 5.89. The Morgan fingerprint density at radius 1 is 1.25 bits per heavy atom. The lowest BCUT2D eigenvalue weighted by Crippen LogP contribution is -2.27. The molecule has 0 fully saturated rings. The van der Waals surface area contributed by atoms with Gasteiger partial charge in [0.2, 0.25) is 0 Å². The Morgan fingerprint density at radius 2 is 1.96 bits per heavy atom. The molecule has 0 aliphatic rings. The molecular formula is C16H22N4O4. The maximum atomic E-state index is 12.1. The summed E-state index contributed by atoms with van der Waals surface area (Å²) in [5.41, 5.74) is 6.82. The van der Waals surface area contributed by atoms with Gasteiger partial charge in [0.1, 0.15) is 5.60 Å². The van der Waals surface area contributed by atoms with E-state index in [4.69, 9.17) is 19.9 Å². The number of imidazole rings is 1. The third kappa shape index (κ3) is 4.09. The number of anilines is 2. The topological polar surface area (TPSA) is 111 Å². The number of amides is 1. The summed E-state index contributed by atoms with van der Waals surface area (Å²) in [7, 11) is 3.01. The Morgan fingerprint density at radius 3 is 2.46 bits per heavy atom. The largest absolute Gasteiger partial charge is 0.493 e. The molecule has 1 aromatic heterocycles. The molecule has 0 spiro atoms. The Balaban J connectivity index is 2.42. The van der Waals surface area contributed by atoms with Crippen molar-refractivity contribution in [2.75, 3.05) is 25.3 Å². The van der Waals surface area contributed by atoms with Gasteiger partial charge in [0, 0.05) is 5.56 Å². The van der Waals surface area contributed by atoms with Crippen LogP contribution in [-0.2, 0) is 4.74 Å². The summed E-state index contributed by atoms with van der Waals surface area (Å²) < 4.78 is 16.0. The number of benzene rings is 1. The Bertz CT molecular complexity index is 734. The predicted octanol–water partition coefficient (Wildman–Crippen LogP) is 3.02. The number of H-pyrrole nitrogens is 1. The van der Waals surface area contributed by atoms with E-state index in [1.54, 1.807) is 39.1 Å². The van der Waals surface area contributed by atoms with Crippen molar-refractivity contribution >= 4 is 17.7 Å². The van der Waals surface area contributed by atoms with Crippen molar-refractivity contribution in [2.45, 2.75) is 26.4 Å². The average Bonchev–Trinajstić information content (AvgIpc) is 2.90. The van der Waals surface area contributed by atoms with Crippen LogP contribution >= 0.6 is 0 Å². The van der Waals surface area contributed by atoms with Gasteiger partial charge in [-0.1, -0.05) is 0 Å². The fraction of sp³-hybridized carbons (Fsp3) is 0.375. The van der Waals surface area contributed by atoms with Crippen LogP contribution in [0, 0.1) is 0 Å². The fourth-order valence-electron chi connectivity index (χ4n) is 2.11. The van der Waals surface area contributed by atoms with E-state index < -0.39 is 11.7 Å². The highest BCUT2D eigenvalue weighted by Crippen LogP contribution is 2.39. The molecule has 2 aromatic rings. The van der Waals surface area contributed by atoms with E-state index in [9.17, 15) is 4.79 Å². The summed E-state index contributed by atoms with van der Waals surface area (Å²) in [6.07, 6.45) is 0.998. The number of nitrogens with two attached hydrogens (primary N) is 1. The quantitative estimate of drug-likeness (QED) is 0.792. The molecule has 0 saturated carbocycles. The van der Waals surface area contributed by atoms with Gasteiger partial charge in [0.05, 0.1) is 31.8 Å². The van der Waals surface area contributed by atoms with E-state index in [0.717, 1.165) is 5.56 Å². The molecule has 8 heteroatoms. The molecule has 130 valence electrons. The Hall–Kier alpha value is -2.90. The second-order valence-corrected chi connectivity index (χ2v) is 6.07. The number of hydrogen-bond donors (Lipinski definition) is 3. The van der Waals surface area contributed by atoms with Crippen LogP contribution in [0.3, 0.4) is 0 Å². The lowest BCUT2D eigenvalue weighted by atomic mass is 10.1. The first-order valence-electron chi connectivity index (χ1n) is 7.30. The molecule has 0 aliphatic carbocycles. The smallest absolute Gasteiger partial charge is 0.412 e. The number of carbonyl (C=O) groups excluding carboxylic acids is 1. The van der Waals surface area contributed by atoms with Gasteiger partial charge in [0.25, 0.3) is 0 Å². The summed E-state index contributed by atoms with van der Waals surface area (Å²) >= 11 is 0. The first-order chi connectivity index (χ1) is 11.2. The average molecular weight is 334 g/mol. The van der Waals surface area contributed by atoms with E-state index in [1.807, 2.05) is 0 Å². The zero-order valence-electron chi connectivity index (χ0n) is 14.4. The molecule has 4 N–H and O–H groups in total. The molecule has 0 unspecified atom stereocenters. The van der Waals surface area contributed by atoms with Crippen molar-refractivity contribution < 1.29 is 19.0 Å². The number of aromatic amines is 1. The van der Waals surface area contributed by atoms with Crippen LogP contribution in [0.2, 0.25) is 0 Å². The maximum Gasteiger partial charge on any atom is 0.412 e. The molecule has 2 rings (SSSR count). The number of nitrogen functional groups attached to an aromatic ring is 1. The van der Waals surface area contributed by atoms with E-state index >= 15 is 0 Å². The predicted molar refractivity (Wildman–Crippen MR) is 91.4 cm³/mol. The SMILES string of the molecule is COc1cc(-c2cnc(N)[nH]2)cc(NC(=O)OC(C)(C)C)c1OC. The minimum absolute atomic E-state index is 0.293. The second kappa shape index (κ2) is 6.69. The molecule has 1 amide bonds. The Kier molecular flexibility index (Phi) is 4.87. The van der Waals surface area contributed by atoms with Gasteiger partial charge < -0.3 is 24.9 Å². The molecule has 0 bridgehead atoms. The van der Waals surface area contributed by atoms with Gasteiger partial charge in [-0.2, -0.15) is 0 Å². The molecule has 0 radical (unpaired) electrons. The molecule has 0 aliphatic heterocycles. The van der Waals surface area contributed by atoms with Crippen molar-refractivity contribution in [3.63, 3.8) is 0 Å². The number of carbonyl (C=O) groups is 1. The number of aromatic nitrogens is 2. The van der Waals surface area contributed by atoms with Crippen molar-refractivity contribution in [3.05, 3.63) is 18.3 Å². The minimum atomic E-state index is -0.614. The molecule has 0 atom stereocenters. The van der Waals surface area contributed by atoms with E-state index in [0.29, 0.717) is 28.8 Å². The third-order valence-electron chi connectivity index (χ3n) is 3.02. The summed E-state index contributed by atoms with van der Waals surface area (Å²) in [5, 5.41) is 2.68. The van der Waals surface area contributed by atoms with E-state index in [1.165, 1.54) is 14.2 Å². The van der Waals surface area contributed by atoms with Gasteiger partial charge in [-0.25, -0.2) is 9.78 Å². The number of ether oxygens (including phenoxy) is 3. The standard InChI is InChI=1S/C16H22N4O4/c1-16(2,3)24-15(21)20-10-6-9(11-8-18-14(17)19-11)7-12(22-4)13(10)23-5/h6-8H,1-5H3,(H,20,21)(H3,17,18,19). The zero-order chi connectivity index (χ0) is 17.9. The summed E-state index contributed by atoms with van der Waals surface area (Å²) in [6.45, 7) is 5.36. The van der Waals surface area contributed by atoms with Gasteiger partial charge in [-0.15, -0.1) is 0 Å². The van der Waals surface area contributed by atoms with Gasteiger partial charge in [0.15, 0.2) is 17.4 Å². The first kappa shape index (κ1) is 17.5. The van der Waals surface area contributed by atoms with Crippen LogP contribution in [0.15, 0.2) is 18.3 Å². The van der Waals surface area contributed by atoms with Gasteiger partial charge in [-0.05, 0) is 32.9 Å². The Labute approximate surface area is 140 Å². The molecule has 0 saturated heterocycles. The minimum Gasteiger partial charge on any atom is -0.493 e. The fourth-order valence-corrected chi connectivity index (χ4v) is 2.11. The summed E-state index contributed by atoms with van der Waals surface area (Å²) in [5.74, 6) is 1.13. The first-order valence-corrected chi connectivity index (χ1v) is 7.30. The van der Waals surface area contributed by atoms with Crippen LogP contribution in [0.4, 0.5) is 16.4 Å². The second-order valence-electron chi connectivity index (χ2n) is 6.07. The normalized spacial score (nSPS) is 11.0. The summed E-state index contributed by atoms with van der Waals surface area (Å²) in [6, 6.07) is 3.48. The molecule has 24 heavy (non-hydrogen) atoms. The van der Waals surface area contributed by atoms with Crippen LogP contribution in [-0.4, -0.2) is 35.9 Å². The van der Waals surface area contributed by atoms with Crippen molar-refractivity contribution in [1.29, 1.82) is 0 Å². The molecule has 1 heterocycles. The van der Waals surface area contributed by atoms with E-state index in [-0.39, 0.29) is 0 Å². The number of hydrogen-bond acceptors (Lipinski definition) is 6. The van der Waals surface area contributed by atoms with Crippen molar-refractivity contribution in [2.24, 2.45) is 0 Å². The monoisotopic (exact) mass is 334 g/mol. The van der Waals surface area contributed by atoms with Crippen LogP contribution < -0.4 is 20.5 Å². The van der Waals surface area contributed by atoms with Crippen LogP contribution in [0.25, 0.3) is 11.3 Å². The zero-order valence-corrected chi connectivity index (χ0v) is 14.4. The van der Waals surface area contributed by atoms with E-state index in [2.05, 4.69) is 15.3 Å². The molecular weight excluding hydrogens is 312 g/mol. The van der Waals surface area contributed by atoms with Crippen LogP contribution in [0.1, 0.15) is 20.8 Å². The lowest BCUT2D eigenvalue weighted by molar-refractivity contribution is 0.0635. The van der Waals surface area contributed by atoms with Gasteiger partial charge in [-0.3, -0.25) is 5.32 Å². The maximum absolute atomic E-state index is 12.1. The lowest BCUT2D eigenvalue weighted by Gasteiger charge is -2.21. The van der Waals surface area contributed by atoms with Crippen LogP contribution in [0.5, 0.6) is 11.5 Å². The van der Waals surface area contributed by atoms with Crippen molar-refractivity contribution in [3.8, 4) is 22.8 Å². The molecule has 1 aromatic carbocycles. The highest BCUT2D eigenvalue weighted by Gasteiger charge is 2.20. The van der Waals surface area contributed by atoms with Gasteiger partial charge >= 0.3 is 6.09 Å². The number of nitrogens with zero attached hydrogens (tertiary/aromatic N) is 1. The molecule has 8 nitrogen and oxygen atoms in total. The third-order valence-corrected chi connectivity index (χ3v) is 3.02. The van der Waals surface area contributed by atoms with Crippen molar-refractivity contribution in [1.82, 2.24) is 9.97 Å². The number of nitrogens with one attached hydrogen (secondary N) is 2. The summed E-state index contributed by atoms with van der Waals surface area (Å²) in [4.78, 5) is 19.0. The highest BCUT2D eigenvalue weighted by atomic mass is 16.6.